The maximum absolute atomic E-state index is 13.1. The first-order chi connectivity index (χ1) is 9.04. The van der Waals surface area contributed by atoms with E-state index in [1.165, 1.54) is 12.1 Å². The number of hydrogen-bond donors (Lipinski definition) is 0. The van der Waals surface area contributed by atoms with Crippen LogP contribution in [0.25, 0.3) is 16.9 Å². The smallest absolute Gasteiger partial charge is 0.137 e. The lowest BCUT2D eigenvalue weighted by atomic mass is 10.2. The average Bonchev–Trinajstić information content (AvgIpc) is 2.72. The third-order valence-corrected chi connectivity index (χ3v) is 4.43. The van der Waals surface area contributed by atoms with Crippen LogP contribution in [-0.4, -0.2) is 9.38 Å². The van der Waals surface area contributed by atoms with Gasteiger partial charge in [-0.2, -0.15) is 0 Å². The fourth-order valence-corrected chi connectivity index (χ4v) is 2.82. The van der Waals surface area contributed by atoms with Gasteiger partial charge in [0.05, 0.1) is 5.69 Å². The molecule has 0 aliphatic rings. The van der Waals surface area contributed by atoms with E-state index in [1.54, 1.807) is 6.07 Å². The minimum absolute atomic E-state index is 0.266. The Morgan fingerprint density at radius 3 is 2.63 bits per heavy atom. The Kier molecular flexibility index (Phi) is 3.19. The second-order valence-electron chi connectivity index (χ2n) is 4.32. The van der Waals surface area contributed by atoms with Gasteiger partial charge in [0.15, 0.2) is 0 Å². The van der Waals surface area contributed by atoms with Gasteiger partial charge in [0.2, 0.25) is 0 Å². The van der Waals surface area contributed by atoms with Crippen molar-refractivity contribution in [1.29, 1.82) is 0 Å². The molecular weight excluding hydrogens is 375 g/mol. The summed E-state index contributed by atoms with van der Waals surface area (Å²) in [5.41, 5.74) is 3.68. The van der Waals surface area contributed by atoms with E-state index < -0.39 is 0 Å². The molecular formula is C14H9Br2FN2. The predicted molar refractivity (Wildman–Crippen MR) is 80.7 cm³/mol. The average molecular weight is 384 g/mol. The number of aryl methyl sites for hydroxylation is 1. The first-order valence-corrected chi connectivity index (χ1v) is 7.23. The third kappa shape index (κ3) is 2.32. The summed E-state index contributed by atoms with van der Waals surface area (Å²) in [7, 11) is 0. The third-order valence-electron chi connectivity index (χ3n) is 2.94. The molecule has 0 spiro atoms. The number of pyridine rings is 1. The molecule has 0 radical (unpaired) electrons. The minimum atomic E-state index is -0.266. The van der Waals surface area contributed by atoms with E-state index in [4.69, 9.17) is 0 Å². The molecule has 0 N–H and O–H groups in total. The highest BCUT2D eigenvalue weighted by Gasteiger charge is 2.09. The van der Waals surface area contributed by atoms with Gasteiger partial charge in [-0.1, -0.05) is 0 Å². The van der Waals surface area contributed by atoms with E-state index in [2.05, 4.69) is 36.8 Å². The van der Waals surface area contributed by atoms with E-state index in [0.29, 0.717) is 4.47 Å². The number of rotatable bonds is 1. The van der Waals surface area contributed by atoms with Crippen LogP contribution in [0.4, 0.5) is 4.39 Å². The summed E-state index contributed by atoms with van der Waals surface area (Å²) in [5, 5.41) is 0. The van der Waals surface area contributed by atoms with Crippen molar-refractivity contribution in [3.8, 4) is 11.3 Å². The lowest BCUT2D eigenvalue weighted by Crippen LogP contribution is -1.85. The summed E-state index contributed by atoms with van der Waals surface area (Å²) in [6, 6.07) is 6.61. The summed E-state index contributed by atoms with van der Waals surface area (Å²) < 4.78 is 16.8. The number of halogens is 3. The number of nitrogens with zero attached hydrogens (tertiary/aromatic N) is 2. The van der Waals surface area contributed by atoms with Crippen LogP contribution in [0.5, 0.6) is 0 Å². The molecule has 0 fully saturated rings. The van der Waals surface area contributed by atoms with Crippen LogP contribution in [-0.2, 0) is 0 Å². The summed E-state index contributed by atoms with van der Waals surface area (Å²) in [5.74, 6) is -0.266. The van der Waals surface area contributed by atoms with E-state index >= 15 is 0 Å². The molecule has 0 atom stereocenters. The van der Waals surface area contributed by atoms with Gasteiger partial charge in [0, 0.05) is 26.9 Å². The first-order valence-electron chi connectivity index (χ1n) is 5.65. The maximum atomic E-state index is 13.1. The Hall–Kier alpha value is -1.20. The molecule has 2 heterocycles. The molecule has 0 aliphatic carbocycles. The monoisotopic (exact) mass is 382 g/mol. The van der Waals surface area contributed by atoms with Gasteiger partial charge in [-0.3, -0.25) is 0 Å². The second-order valence-corrected chi connectivity index (χ2v) is 6.03. The Balaban J connectivity index is 2.20. The summed E-state index contributed by atoms with van der Waals surface area (Å²) in [6.45, 7) is 2.02. The van der Waals surface area contributed by atoms with E-state index in [9.17, 15) is 4.39 Å². The van der Waals surface area contributed by atoms with Crippen molar-refractivity contribution in [1.82, 2.24) is 9.38 Å². The molecule has 1 aromatic carbocycles. The van der Waals surface area contributed by atoms with Crippen LogP contribution in [0, 0.1) is 12.7 Å². The van der Waals surface area contributed by atoms with E-state index in [0.717, 1.165) is 26.9 Å². The highest BCUT2D eigenvalue weighted by molar-refractivity contribution is 9.10. The number of fused-ring (bicyclic) bond motifs is 1. The Morgan fingerprint density at radius 1 is 1.11 bits per heavy atom. The normalized spacial score (nSPS) is 11.2. The number of hydrogen-bond acceptors (Lipinski definition) is 1. The number of aromatic nitrogens is 2. The van der Waals surface area contributed by atoms with Crippen molar-refractivity contribution in [2.24, 2.45) is 0 Å². The van der Waals surface area contributed by atoms with Crippen LogP contribution >= 0.6 is 31.9 Å². The Labute approximate surface area is 126 Å². The lowest BCUT2D eigenvalue weighted by Gasteiger charge is -1.99. The molecule has 19 heavy (non-hydrogen) atoms. The zero-order valence-corrected chi connectivity index (χ0v) is 13.2. The molecule has 96 valence electrons. The van der Waals surface area contributed by atoms with Gasteiger partial charge < -0.3 is 4.40 Å². The van der Waals surface area contributed by atoms with Gasteiger partial charge in [-0.05, 0) is 68.6 Å². The standard InChI is InChI=1S/C14H9Br2FN2/c1-8-4-14-18-13(7-19(14)6-12(8)16)10-3-2-9(17)5-11(10)15/h2-7H,1H3. The molecule has 0 saturated carbocycles. The van der Waals surface area contributed by atoms with Crippen molar-refractivity contribution in [3.63, 3.8) is 0 Å². The van der Waals surface area contributed by atoms with Crippen molar-refractivity contribution in [2.45, 2.75) is 6.92 Å². The fraction of sp³-hybridized carbons (Fsp3) is 0.0714. The number of imidazole rings is 1. The van der Waals surface area contributed by atoms with Crippen molar-refractivity contribution < 1.29 is 4.39 Å². The van der Waals surface area contributed by atoms with Gasteiger partial charge in [0.1, 0.15) is 11.5 Å². The van der Waals surface area contributed by atoms with Crippen LogP contribution in [0.15, 0.2) is 45.6 Å². The van der Waals surface area contributed by atoms with Crippen molar-refractivity contribution >= 4 is 37.5 Å². The zero-order chi connectivity index (χ0) is 13.6. The van der Waals surface area contributed by atoms with E-state index in [1.807, 2.05) is 29.8 Å². The van der Waals surface area contributed by atoms with Crippen LogP contribution in [0.2, 0.25) is 0 Å². The number of benzene rings is 1. The first kappa shape index (κ1) is 12.8. The van der Waals surface area contributed by atoms with E-state index in [-0.39, 0.29) is 5.82 Å². The molecule has 3 rings (SSSR count). The van der Waals surface area contributed by atoms with Crippen LogP contribution in [0.3, 0.4) is 0 Å². The molecule has 2 aromatic heterocycles. The minimum Gasteiger partial charge on any atom is -0.305 e. The highest BCUT2D eigenvalue weighted by Crippen LogP contribution is 2.29. The fourth-order valence-electron chi connectivity index (χ4n) is 1.93. The molecule has 5 heteroatoms. The Bertz CT molecular complexity index is 741. The summed E-state index contributed by atoms with van der Waals surface area (Å²) in [4.78, 5) is 4.57. The Morgan fingerprint density at radius 2 is 1.89 bits per heavy atom. The highest BCUT2D eigenvalue weighted by atomic mass is 79.9. The molecule has 0 bridgehead atoms. The summed E-state index contributed by atoms with van der Waals surface area (Å²) in [6.07, 6.45) is 3.90. The second kappa shape index (κ2) is 4.72. The van der Waals surface area contributed by atoms with Crippen molar-refractivity contribution in [2.75, 3.05) is 0 Å². The topological polar surface area (TPSA) is 17.3 Å². The van der Waals surface area contributed by atoms with Gasteiger partial charge in [0.25, 0.3) is 0 Å². The quantitative estimate of drug-likeness (QED) is 0.579. The zero-order valence-electron chi connectivity index (χ0n) is 9.99. The maximum Gasteiger partial charge on any atom is 0.137 e. The van der Waals surface area contributed by atoms with Gasteiger partial charge >= 0.3 is 0 Å². The molecule has 0 saturated heterocycles. The molecule has 0 aliphatic heterocycles. The molecule has 0 unspecified atom stereocenters. The van der Waals surface area contributed by atoms with Crippen LogP contribution in [0.1, 0.15) is 5.56 Å². The molecule has 3 aromatic rings. The molecule has 0 amide bonds. The van der Waals surface area contributed by atoms with Gasteiger partial charge in [-0.15, -0.1) is 0 Å². The van der Waals surface area contributed by atoms with Crippen molar-refractivity contribution in [3.05, 3.63) is 57.0 Å². The lowest BCUT2D eigenvalue weighted by molar-refractivity contribution is 0.627. The predicted octanol–water partition coefficient (Wildman–Crippen LogP) is 4.97. The SMILES string of the molecule is Cc1cc2nc(-c3ccc(F)cc3Br)cn2cc1Br. The largest absolute Gasteiger partial charge is 0.305 e. The van der Waals surface area contributed by atoms with Gasteiger partial charge in [-0.25, -0.2) is 9.37 Å². The molecule has 2 nitrogen and oxygen atoms in total. The summed E-state index contributed by atoms with van der Waals surface area (Å²) >= 11 is 6.87. The van der Waals surface area contributed by atoms with Crippen LogP contribution < -0.4 is 0 Å².